The molecule has 6 nitrogen and oxygen atoms in total. The van der Waals surface area contributed by atoms with Gasteiger partial charge in [0.25, 0.3) is 0 Å². The Balaban J connectivity index is 1.54. The fourth-order valence-corrected chi connectivity index (χ4v) is 5.16. The van der Waals surface area contributed by atoms with Crippen molar-refractivity contribution in [3.8, 4) is 0 Å². The predicted molar refractivity (Wildman–Crippen MR) is 109 cm³/mol. The van der Waals surface area contributed by atoms with Crippen LogP contribution in [-0.4, -0.2) is 45.9 Å². The summed E-state index contributed by atoms with van der Waals surface area (Å²) in [5, 5.41) is 0. The SMILES string of the molecule is CN1C(=O)Cc2cc(S(=O)(=O)NCC(c3ccccc3)N3CCCC3)ccc21. The number of likely N-dealkylation sites (tertiary alicyclic amines) is 1. The van der Waals surface area contributed by atoms with Crippen LogP contribution in [0.15, 0.2) is 53.4 Å². The van der Waals surface area contributed by atoms with Gasteiger partial charge in [-0.1, -0.05) is 30.3 Å². The van der Waals surface area contributed by atoms with E-state index in [0.29, 0.717) is 6.54 Å². The number of benzene rings is 2. The molecule has 0 radical (unpaired) electrons. The summed E-state index contributed by atoms with van der Waals surface area (Å²) in [6.45, 7) is 2.28. The Kier molecular flexibility index (Phi) is 5.23. The van der Waals surface area contributed by atoms with Crippen molar-refractivity contribution in [3.05, 3.63) is 59.7 Å². The molecule has 2 aromatic rings. The van der Waals surface area contributed by atoms with Crippen LogP contribution in [0.4, 0.5) is 5.69 Å². The van der Waals surface area contributed by atoms with Gasteiger partial charge in [0.2, 0.25) is 15.9 Å². The zero-order chi connectivity index (χ0) is 19.7. The van der Waals surface area contributed by atoms with Crippen molar-refractivity contribution >= 4 is 21.6 Å². The number of hydrogen-bond acceptors (Lipinski definition) is 4. The molecular formula is C21H25N3O3S. The molecule has 0 aromatic heterocycles. The summed E-state index contributed by atoms with van der Waals surface area (Å²) in [5.41, 5.74) is 2.66. The standard InChI is InChI=1S/C21H25N3O3S/c1-23-19-10-9-18(13-17(19)14-21(23)25)28(26,27)22-15-20(24-11-5-6-12-24)16-7-3-2-4-8-16/h2-4,7-10,13,20,22H,5-6,11-12,14-15H2,1H3. The highest BCUT2D eigenvalue weighted by molar-refractivity contribution is 7.89. The van der Waals surface area contributed by atoms with Gasteiger partial charge in [0.1, 0.15) is 0 Å². The highest BCUT2D eigenvalue weighted by atomic mass is 32.2. The summed E-state index contributed by atoms with van der Waals surface area (Å²) in [6, 6.07) is 15.0. The van der Waals surface area contributed by atoms with E-state index in [4.69, 9.17) is 0 Å². The molecule has 7 heteroatoms. The van der Waals surface area contributed by atoms with Crippen molar-refractivity contribution in [2.24, 2.45) is 0 Å². The van der Waals surface area contributed by atoms with Crippen molar-refractivity contribution in [2.45, 2.75) is 30.2 Å². The van der Waals surface area contributed by atoms with E-state index in [1.54, 1.807) is 30.1 Å². The van der Waals surface area contributed by atoms with Gasteiger partial charge in [0.05, 0.1) is 11.3 Å². The van der Waals surface area contributed by atoms with Gasteiger partial charge in [0, 0.05) is 25.3 Å². The van der Waals surface area contributed by atoms with E-state index >= 15 is 0 Å². The van der Waals surface area contributed by atoms with Crippen LogP contribution in [0, 0.1) is 0 Å². The number of carbonyl (C=O) groups excluding carboxylic acids is 1. The quantitative estimate of drug-likeness (QED) is 0.809. The summed E-state index contributed by atoms with van der Waals surface area (Å²) in [6.07, 6.45) is 2.53. The first-order chi connectivity index (χ1) is 13.5. The fraction of sp³-hybridized carbons (Fsp3) is 0.381. The van der Waals surface area contributed by atoms with E-state index in [1.165, 1.54) is 0 Å². The molecule has 148 valence electrons. The normalized spacial score (nSPS) is 18.5. The summed E-state index contributed by atoms with van der Waals surface area (Å²) in [4.78, 5) is 16.0. The van der Waals surface area contributed by atoms with Gasteiger partial charge < -0.3 is 4.90 Å². The average molecular weight is 400 g/mol. The minimum Gasteiger partial charge on any atom is -0.315 e. The molecule has 4 rings (SSSR count). The molecule has 1 unspecified atom stereocenters. The van der Waals surface area contributed by atoms with Crippen LogP contribution in [0.3, 0.4) is 0 Å². The van der Waals surface area contributed by atoms with Crippen molar-refractivity contribution in [1.29, 1.82) is 0 Å². The Morgan fingerprint density at radius 2 is 1.79 bits per heavy atom. The minimum absolute atomic E-state index is 0.0145. The largest absolute Gasteiger partial charge is 0.315 e. The zero-order valence-electron chi connectivity index (χ0n) is 16.0. The summed E-state index contributed by atoms with van der Waals surface area (Å²) in [7, 11) is -1.95. The number of hydrogen-bond donors (Lipinski definition) is 1. The molecular weight excluding hydrogens is 374 g/mol. The van der Waals surface area contributed by atoms with Crippen LogP contribution >= 0.6 is 0 Å². The monoisotopic (exact) mass is 399 g/mol. The Bertz CT molecular complexity index is 970. The second-order valence-electron chi connectivity index (χ2n) is 7.44. The third-order valence-corrected chi connectivity index (χ3v) is 7.09. The van der Waals surface area contributed by atoms with Crippen LogP contribution in [0.25, 0.3) is 0 Å². The maximum atomic E-state index is 12.9. The molecule has 0 saturated carbocycles. The van der Waals surface area contributed by atoms with Gasteiger partial charge in [-0.05, 0) is 55.3 Å². The summed E-state index contributed by atoms with van der Waals surface area (Å²) in [5.74, 6) is -0.0179. The molecule has 1 atom stereocenters. The molecule has 1 amide bonds. The third-order valence-electron chi connectivity index (χ3n) is 5.67. The lowest BCUT2D eigenvalue weighted by atomic mass is 10.1. The number of fused-ring (bicyclic) bond motifs is 1. The van der Waals surface area contributed by atoms with Crippen LogP contribution in [0.5, 0.6) is 0 Å². The Hall–Kier alpha value is -2.22. The summed E-state index contributed by atoms with van der Waals surface area (Å²) >= 11 is 0. The molecule has 1 fully saturated rings. The molecule has 1 N–H and O–H groups in total. The van der Waals surface area contributed by atoms with E-state index in [0.717, 1.165) is 42.7 Å². The molecule has 2 aromatic carbocycles. The lowest BCUT2D eigenvalue weighted by Gasteiger charge is -2.28. The maximum absolute atomic E-state index is 12.9. The molecule has 1 saturated heterocycles. The highest BCUT2D eigenvalue weighted by Crippen LogP contribution is 2.30. The van der Waals surface area contributed by atoms with Gasteiger partial charge >= 0.3 is 0 Å². The third kappa shape index (κ3) is 3.70. The number of rotatable bonds is 6. The zero-order valence-corrected chi connectivity index (χ0v) is 16.8. The first-order valence-electron chi connectivity index (χ1n) is 9.64. The van der Waals surface area contributed by atoms with Crippen LogP contribution in [0.1, 0.15) is 30.0 Å². The number of anilines is 1. The van der Waals surface area contributed by atoms with E-state index in [9.17, 15) is 13.2 Å². The number of amides is 1. The van der Waals surface area contributed by atoms with Gasteiger partial charge in [0.15, 0.2) is 0 Å². The fourth-order valence-electron chi connectivity index (χ4n) is 4.07. The number of sulfonamides is 1. The van der Waals surface area contributed by atoms with E-state index in [2.05, 4.69) is 9.62 Å². The molecule has 0 spiro atoms. The summed E-state index contributed by atoms with van der Waals surface area (Å²) < 4.78 is 28.6. The molecule has 2 heterocycles. The van der Waals surface area contributed by atoms with Crippen LogP contribution < -0.4 is 9.62 Å². The minimum atomic E-state index is -3.66. The molecule has 0 aliphatic carbocycles. The lowest BCUT2D eigenvalue weighted by molar-refractivity contribution is -0.117. The predicted octanol–water partition coefficient (Wildman–Crippen LogP) is 2.32. The smallest absolute Gasteiger partial charge is 0.240 e. The van der Waals surface area contributed by atoms with Crippen molar-refractivity contribution in [1.82, 2.24) is 9.62 Å². The molecule has 2 aliphatic rings. The first kappa shape index (κ1) is 19.1. The number of nitrogens with one attached hydrogen (secondary N) is 1. The second kappa shape index (κ2) is 7.66. The van der Waals surface area contributed by atoms with Crippen molar-refractivity contribution in [2.75, 3.05) is 31.6 Å². The Labute approximate surface area is 166 Å². The van der Waals surface area contributed by atoms with E-state index in [1.807, 2.05) is 30.3 Å². The van der Waals surface area contributed by atoms with Gasteiger partial charge in [-0.2, -0.15) is 0 Å². The number of likely N-dealkylation sites (N-methyl/N-ethyl adjacent to an activating group) is 1. The lowest BCUT2D eigenvalue weighted by Crippen LogP contribution is -2.36. The van der Waals surface area contributed by atoms with Crippen molar-refractivity contribution in [3.63, 3.8) is 0 Å². The highest BCUT2D eigenvalue weighted by Gasteiger charge is 2.28. The van der Waals surface area contributed by atoms with Gasteiger partial charge in [-0.15, -0.1) is 0 Å². The Morgan fingerprint density at radius 3 is 2.50 bits per heavy atom. The van der Waals surface area contributed by atoms with Crippen LogP contribution in [-0.2, 0) is 21.2 Å². The van der Waals surface area contributed by atoms with Gasteiger partial charge in [-0.3, -0.25) is 9.69 Å². The topological polar surface area (TPSA) is 69.7 Å². The number of carbonyl (C=O) groups is 1. The maximum Gasteiger partial charge on any atom is 0.240 e. The molecule has 2 aliphatic heterocycles. The first-order valence-corrected chi connectivity index (χ1v) is 11.1. The molecule has 28 heavy (non-hydrogen) atoms. The van der Waals surface area contributed by atoms with Crippen LogP contribution in [0.2, 0.25) is 0 Å². The van der Waals surface area contributed by atoms with E-state index in [-0.39, 0.29) is 23.3 Å². The van der Waals surface area contributed by atoms with E-state index < -0.39 is 10.0 Å². The molecule has 0 bridgehead atoms. The average Bonchev–Trinajstić information content (AvgIpc) is 3.31. The number of nitrogens with zero attached hydrogens (tertiary/aromatic N) is 2. The second-order valence-corrected chi connectivity index (χ2v) is 9.21. The van der Waals surface area contributed by atoms with Crippen molar-refractivity contribution < 1.29 is 13.2 Å². The van der Waals surface area contributed by atoms with Gasteiger partial charge in [-0.25, -0.2) is 13.1 Å². The Morgan fingerprint density at radius 1 is 1.07 bits per heavy atom.